The van der Waals surface area contributed by atoms with Crippen molar-refractivity contribution < 1.29 is 9.21 Å². The van der Waals surface area contributed by atoms with E-state index < -0.39 is 0 Å². The maximum atomic E-state index is 12.6. The minimum absolute atomic E-state index is 0.0824. The van der Waals surface area contributed by atoms with E-state index in [0.29, 0.717) is 11.0 Å². The van der Waals surface area contributed by atoms with Crippen LogP contribution in [0.25, 0.3) is 17.1 Å². The topological polar surface area (TPSA) is 73.0 Å². The zero-order valence-electron chi connectivity index (χ0n) is 17.0. The van der Waals surface area contributed by atoms with Crippen LogP contribution in [0.3, 0.4) is 0 Å². The second-order valence-electron chi connectivity index (χ2n) is 6.97. The zero-order valence-corrected chi connectivity index (χ0v) is 17.9. The van der Waals surface area contributed by atoms with Gasteiger partial charge in [-0.3, -0.25) is 9.36 Å². The molecule has 4 aromatic rings. The lowest BCUT2D eigenvalue weighted by Gasteiger charge is -2.12. The van der Waals surface area contributed by atoms with E-state index in [4.69, 9.17) is 4.42 Å². The third-order valence-corrected chi connectivity index (χ3v) is 5.75. The molecule has 0 unspecified atom stereocenters. The van der Waals surface area contributed by atoms with Crippen LogP contribution in [-0.2, 0) is 4.79 Å². The van der Waals surface area contributed by atoms with Crippen molar-refractivity contribution in [2.75, 3.05) is 11.1 Å². The molecule has 0 fully saturated rings. The largest absolute Gasteiger partial charge is 0.469 e. The van der Waals surface area contributed by atoms with E-state index in [2.05, 4.69) is 15.5 Å². The summed E-state index contributed by atoms with van der Waals surface area (Å²) in [4.78, 5) is 12.6. The molecule has 0 spiro atoms. The lowest BCUT2D eigenvalue weighted by atomic mass is 10.1. The summed E-state index contributed by atoms with van der Waals surface area (Å²) in [7, 11) is 0. The Morgan fingerprint density at radius 2 is 1.73 bits per heavy atom. The smallest absolute Gasteiger partial charge is 0.234 e. The van der Waals surface area contributed by atoms with Crippen molar-refractivity contribution in [1.29, 1.82) is 0 Å². The molecule has 152 valence electrons. The van der Waals surface area contributed by atoms with Crippen LogP contribution in [0.15, 0.2) is 70.4 Å². The first-order valence-corrected chi connectivity index (χ1v) is 10.6. The number of nitrogens with zero attached hydrogens (tertiary/aromatic N) is 3. The van der Waals surface area contributed by atoms with E-state index in [0.717, 1.165) is 33.8 Å². The Morgan fingerprint density at radius 3 is 2.40 bits per heavy atom. The third kappa shape index (κ3) is 4.02. The van der Waals surface area contributed by atoms with Gasteiger partial charge in [0.25, 0.3) is 0 Å². The molecule has 0 aliphatic carbocycles. The maximum Gasteiger partial charge on any atom is 0.234 e. The second-order valence-corrected chi connectivity index (χ2v) is 7.91. The highest BCUT2D eigenvalue weighted by atomic mass is 32.2. The molecule has 1 amide bonds. The highest BCUT2D eigenvalue weighted by molar-refractivity contribution is 7.99. The van der Waals surface area contributed by atoms with Crippen LogP contribution in [-0.4, -0.2) is 26.4 Å². The van der Waals surface area contributed by atoms with Crippen molar-refractivity contribution >= 4 is 23.4 Å². The number of hydrogen-bond acceptors (Lipinski definition) is 5. The average Bonchev–Trinajstić information content (AvgIpc) is 3.35. The molecule has 0 atom stereocenters. The van der Waals surface area contributed by atoms with Gasteiger partial charge in [-0.15, -0.1) is 10.2 Å². The molecule has 4 rings (SSSR count). The summed E-state index contributed by atoms with van der Waals surface area (Å²) in [5, 5.41) is 12.4. The molecule has 2 aromatic carbocycles. The fourth-order valence-corrected chi connectivity index (χ4v) is 4.03. The third-order valence-electron chi connectivity index (χ3n) is 4.83. The van der Waals surface area contributed by atoms with Gasteiger partial charge in [0.2, 0.25) is 5.91 Å². The second kappa shape index (κ2) is 8.59. The van der Waals surface area contributed by atoms with Gasteiger partial charge < -0.3 is 9.73 Å². The standard InChI is InChI=1S/C23H22N4O2S/c1-15-8-7-9-16(2)21(15)24-20(28)14-30-23-26-25-22(19-12-13-29-17(19)3)27(23)18-10-5-4-6-11-18/h4-13H,14H2,1-3H3,(H,24,28). The number of thioether (sulfide) groups is 1. The van der Waals surface area contributed by atoms with Crippen LogP contribution in [0, 0.1) is 20.8 Å². The van der Waals surface area contributed by atoms with Crippen molar-refractivity contribution in [2.45, 2.75) is 25.9 Å². The Labute approximate surface area is 179 Å². The summed E-state index contributed by atoms with van der Waals surface area (Å²) >= 11 is 1.35. The molecule has 0 saturated heterocycles. The van der Waals surface area contributed by atoms with E-state index >= 15 is 0 Å². The number of aromatic nitrogens is 3. The van der Waals surface area contributed by atoms with Crippen molar-refractivity contribution in [3.8, 4) is 17.1 Å². The number of anilines is 1. The first-order chi connectivity index (χ1) is 14.5. The molecule has 0 radical (unpaired) electrons. The van der Waals surface area contributed by atoms with Gasteiger partial charge in [-0.25, -0.2) is 0 Å². The number of furan rings is 1. The van der Waals surface area contributed by atoms with Gasteiger partial charge in [0, 0.05) is 11.4 Å². The number of benzene rings is 2. The Balaban J connectivity index is 1.60. The van der Waals surface area contributed by atoms with Gasteiger partial charge >= 0.3 is 0 Å². The molecule has 7 heteroatoms. The summed E-state index contributed by atoms with van der Waals surface area (Å²) < 4.78 is 7.41. The van der Waals surface area contributed by atoms with E-state index in [9.17, 15) is 4.79 Å². The van der Waals surface area contributed by atoms with Crippen molar-refractivity contribution in [2.24, 2.45) is 0 Å². The van der Waals surface area contributed by atoms with Gasteiger partial charge in [0.05, 0.1) is 17.6 Å². The lowest BCUT2D eigenvalue weighted by molar-refractivity contribution is -0.113. The quantitative estimate of drug-likeness (QED) is 0.437. The van der Waals surface area contributed by atoms with Crippen LogP contribution in [0.4, 0.5) is 5.69 Å². The van der Waals surface area contributed by atoms with Crippen molar-refractivity contribution in [3.63, 3.8) is 0 Å². The Hall–Kier alpha value is -3.32. The van der Waals surface area contributed by atoms with E-state index in [-0.39, 0.29) is 11.7 Å². The van der Waals surface area contributed by atoms with E-state index in [1.54, 1.807) is 6.26 Å². The fraction of sp³-hybridized carbons (Fsp3) is 0.174. The molecule has 30 heavy (non-hydrogen) atoms. The number of carbonyl (C=O) groups is 1. The summed E-state index contributed by atoms with van der Waals surface area (Å²) in [6.45, 7) is 5.87. The number of hydrogen-bond donors (Lipinski definition) is 1. The molecular weight excluding hydrogens is 396 g/mol. The number of nitrogens with one attached hydrogen (secondary N) is 1. The van der Waals surface area contributed by atoms with Gasteiger partial charge in [0.1, 0.15) is 5.76 Å². The van der Waals surface area contributed by atoms with Gasteiger partial charge in [-0.2, -0.15) is 0 Å². The Bertz CT molecular complexity index is 1160. The van der Waals surface area contributed by atoms with Gasteiger partial charge in [-0.1, -0.05) is 48.2 Å². The molecule has 2 aromatic heterocycles. The monoisotopic (exact) mass is 418 g/mol. The predicted molar refractivity (Wildman–Crippen MR) is 119 cm³/mol. The summed E-state index contributed by atoms with van der Waals surface area (Å²) in [5.41, 5.74) is 4.74. The molecule has 2 heterocycles. The molecule has 1 N–H and O–H groups in total. The van der Waals surface area contributed by atoms with Crippen molar-refractivity contribution in [3.05, 3.63) is 77.7 Å². The first kappa shape index (κ1) is 20.0. The van der Waals surface area contributed by atoms with Crippen LogP contribution in [0.2, 0.25) is 0 Å². The van der Waals surface area contributed by atoms with Crippen LogP contribution < -0.4 is 5.32 Å². The van der Waals surface area contributed by atoms with Gasteiger partial charge in [0.15, 0.2) is 11.0 Å². The fourth-order valence-electron chi connectivity index (χ4n) is 3.28. The minimum Gasteiger partial charge on any atom is -0.469 e. The average molecular weight is 419 g/mol. The lowest BCUT2D eigenvalue weighted by Crippen LogP contribution is -2.16. The van der Waals surface area contributed by atoms with E-state index in [1.165, 1.54) is 11.8 Å². The molecule has 0 aliphatic heterocycles. The minimum atomic E-state index is -0.0824. The number of aryl methyl sites for hydroxylation is 3. The molecular formula is C23H22N4O2S. The van der Waals surface area contributed by atoms with Gasteiger partial charge in [-0.05, 0) is 50.1 Å². The molecule has 0 bridgehead atoms. The van der Waals surface area contributed by atoms with Crippen LogP contribution >= 0.6 is 11.8 Å². The summed E-state index contributed by atoms with van der Waals surface area (Å²) in [6, 6.07) is 17.7. The SMILES string of the molecule is Cc1cccc(C)c1NC(=O)CSc1nnc(-c2ccoc2C)n1-c1ccccc1. The highest BCUT2D eigenvalue weighted by Gasteiger charge is 2.20. The maximum absolute atomic E-state index is 12.6. The number of rotatable bonds is 6. The van der Waals surface area contributed by atoms with Crippen molar-refractivity contribution in [1.82, 2.24) is 14.8 Å². The highest BCUT2D eigenvalue weighted by Crippen LogP contribution is 2.30. The molecule has 6 nitrogen and oxygen atoms in total. The molecule has 0 saturated carbocycles. The summed E-state index contributed by atoms with van der Waals surface area (Å²) in [5.74, 6) is 1.60. The molecule has 0 aliphatic rings. The predicted octanol–water partition coefficient (Wildman–Crippen LogP) is 5.18. The normalized spacial score (nSPS) is 10.9. The van der Waals surface area contributed by atoms with E-state index in [1.807, 2.05) is 79.9 Å². The van der Waals surface area contributed by atoms with Crippen LogP contribution in [0.1, 0.15) is 16.9 Å². The Kier molecular flexibility index (Phi) is 5.72. The number of amides is 1. The zero-order chi connectivity index (χ0) is 21.1. The summed E-state index contributed by atoms with van der Waals surface area (Å²) in [6.07, 6.45) is 1.64. The Morgan fingerprint density at radius 1 is 1.00 bits per heavy atom. The number of para-hydroxylation sites is 2. The first-order valence-electron chi connectivity index (χ1n) is 9.59. The van der Waals surface area contributed by atoms with Crippen LogP contribution in [0.5, 0.6) is 0 Å². The number of carbonyl (C=O) groups excluding carboxylic acids is 1.